The predicted molar refractivity (Wildman–Crippen MR) is 69.5 cm³/mol. The SMILES string of the molecule is CN(C)CC(Cl)C(=O)c1ccc(O)c(O)c1.Cl. The van der Waals surface area contributed by atoms with E-state index in [0.717, 1.165) is 0 Å². The topological polar surface area (TPSA) is 60.8 Å². The average Bonchev–Trinajstić information content (AvgIpc) is 2.20. The van der Waals surface area contributed by atoms with Crippen molar-refractivity contribution in [1.82, 2.24) is 4.90 Å². The van der Waals surface area contributed by atoms with E-state index in [1.807, 2.05) is 14.1 Å². The molecule has 1 rings (SSSR count). The highest BCUT2D eigenvalue weighted by atomic mass is 35.5. The molecule has 96 valence electrons. The van der Waals surface area contributed by atoms with Crippen LogP contribution in [0.4, 0.5) is 0 Å². The Bertz CT molecular complexity index is 396. The summed E-state index contributed by atoms with van der Waals surface area (Å²) in [6, 6.07) is 3.91. The third kappa shape index (κ3) is 4.42. The second-order valence-electron chi connectivity index (χ2n) is 3.80. The second-order valence-corrected chi connectivity index (χ2v) is 4.32. The Labute approximate surface area is 111 Å². The Balaban J connectivity index is 0.00000256. The van der Waals surface area contributed by atoms with E-state index in [9.17, 15) is 9.90 Å². The number of phenolic OH excluding ortho intramolecular Hbond substituents is 2. The van der Waals surface area contributed by atoms with Crippen molar-refractivity contribution in [3.63, 3.8) is 0 Å². The predicted octanol–water partition coefficient (Wildman–Crippen LogP) is 1.87. The highest BCUT2D eigenvalue weighted by molar-refractivity contribution is 6.34. The lowest BCUT2D eigenvalue weighted by Gasteiger charge is -2.14. The largest absolute Gasteiger partial charge is 0.504 e. The molecule has 0 amide bonds. The summed E-state index contributed by atoms with van der Waals surface area (Å²) < 4.78 is 0. The zero-order valence-corrected chi connectivity index (χ0v) is 11.1. The molecular formula is C11H15Cl2NO3. The van der Waals surface area contributed by atoms with Crippen molar-refractivity contribution in [1.29, 1.82) is 0 Å². The van der Waals surface area contributed by atoms with Crippen molar-refractivity contribution >= 4 is 29.8 Å². The van der Waals surface area contributed by atoms with Gasteiger partial charge in [-0.05, 0) is 32.3 Å². The molecule has 1 aromatic carbocycles. The Kier molecular flexibility index (Phi) is 6.31. The quantitative estimate of drug-likeness (QED) is 0.502. The van der Waals surface area contributed by atoms with Gasteiger partial charge in [0.25, 0.3) is 0 Å². The molecule has 6 heteroatoms. The van der Waals surface area contributed by atoms with E-state index in [1.54, 1.807) is 4.90 Å². The molecule has 0 spiro atoms. The van der Waals surface area contributed by atoms with Crippen LogP contribution >= 0.6 is 24.0 Å². The van der Waals surface area contributed by atoms with Crippen molar-refractivity contribution in [2.24, 2.45) is 0 Å². The van der Waals surface area contributed by atoms with Gasteiger partial charge in [-0.3, -0.25) is 4.79 Å². The number of Topliss-reactive ketones (excluding diaryl/α,β-unsaturated/α-hetero) is 1. The molecule has 0 saturated heterocycles. The Hall–Kier alpha value is -0.970. The zero-order chi connectivity index (χ0) is 12.3. The minimum Gasteiger partial charge on any atom is -0.504 e. The molecule has 0 aliphatic heterocycles. The summed E-state index contributed by atoms with van der Waals surface area (Å²) in [6.07, 6.45) is 0. The minimum absolute atomic E-state index is 0. The Morgan fingerprint density at radius 3 is 2.41 bits per heavy atom. The third-order valence-corrected chi connectivity index (χ3v) is 2.41. The van der Waals surface area contributed by atoms with Crippen LogP contribution in [0.3, 0.4) is 0 Å². The number of nitrogens with zero attached hydrogens (tertiary/aromatic N) is 1. The fourth-order valence-electron chi connectivity index (χ4n) is 1.26. The van der Waals surface area contributed by atoms with Crippen molar-refractivity contribution in [2.75, 3.05) is 20.6 Å². The summed E-state index contributed by atoms with van der Waals surface area (Å²) in [4.78, 5) is 13.6. The van der Waals surface area contributed by atoms with Gasteiger partial charge >= 0.3 is 0 Å². The van der Waals surface area contributed by atoms with Crippen molar-refractivity contribution in [3.05, 3.63) is 23.8 Å². The minimum atomic E-state index is -0.668. The van der Waals surface area contributed by atoms with Gasteiger partial charge in [-0.25, -0.2) is 0 Å². The van der Waals surface area contributed by atoms with Gasteiger partial charge in [-0.15, -0.1) is 24.0 Å². The molecule has 17 heavy (non-hydrogen) atoms. The number of carbonyl (C=O) groups is 1. The molecule has 0 aromatic heterocycles. The maximum absolute atomic E-state index is 11.8. The van der Waals surface area contributed by atoms with Crippen LogP contribution in [0.2, 0.25) is 0 Å². The number of aromatic hydroxyl groups is 2. The van der Waals surface area contributed by atoms with Gasteiger partial charge in [0.1, 0.15) is 5.38 Å². The smallest absolute Gasteiger partial charge is 0.182 e. The molecule has 0 heterocycles. The number of alkyl halides is 1. The molecule has 0 saturated carbocycles. The summed E-state index contributed by atoms with van der Waals surface area (Å²) in [6.45, 7) is 0.419. The van der Waals surface area contributed by atoms with Crippen molar-refractivity contribution in [2.45, 2.75) is 5.38 Å². The third-order valence-electron chi connectivity index (χ3n) is 2.07. The maximum Gasteiger partial charge on any atom is 0.182 e. The lowest BCUT2D eigenvalue weighted by molar-refractivity contribution is 0.0976. The highest BCUT2D eigenvalue weighted by Crippen LogP contribution is 2.25. The van der Waals surface area contributed by atoms with E-state index < -0.39 is 5.38 Å². The first kappa shape index (κ1) is 16.0. The van der Waals surface area contributed by atoms with E-state index in [-0.39, 0.29) is 35.3 Å². The number of halogens is 2. The molecular weight excluding hydrogens is 265 g/mol. The van der Waals surface area contributed by atoms with Gasteiger partial charge in [-0.2, -0.15) is 0 Å². The van der Waals surface area contributed by atoms with Crippen LogP contribution in [0, 0.1) is 0 Å². The van der Waals surface area contributed by atoms with Crippen molar-refractivity contribution < 1.29 is 15.0 Å². The van der Waals surface area contributed by atoms with Crippen LogP contribution in [0.1, 0.15) is 10.4 Å². The van der Waals surface area contributed by atoms with Gasteiger partial charge in [0.05, 0.1) is 0 Å². The van der Waals surface area contributed by atoms with E-state index in [0.29, 0.717) is 6.54 Å². The van der Waals surface area contributed by atoms with Crippen LogP contribution in [-0.2, 0) is 0 Å². The molecule has 1 aromatic rings. The molecule has 0 fully saturated rings. The first-order valence-electron chi connectivity index (χ1n) is 4.77. The fourth-order valence-corrected chi connectivity index (χ4v) is 1.66. The lowest BCUT2D eigenvalue weighted by Crippen LogP contribution is -2.28. The normalized spacial score (nSPS) is 12.0. The van der Waals surface area contributed by atoms with Crippen molar-refractivity contribution in [3.8, 4) is 11.5 Å². The standard InChI is InChI=1S/C11H14ClNO3.ClH/c1-13(2)6-8(12)11(16)7-3-4-9(14)10(15)5-7;/h3-5,8,14-15H,6H2,1-2H3;1H. The molecule has 0 aliphatic carbocycles. The van der Waals surface area contributed by atoms with Crippen LogP contribution in [0.25, 0.3) is 0 Å². The van der Waals surface area contributed by atoms with Gasteiger partial charge in [0, 0.05) is 12.1 Å². The lowest BCUT2D eigenvalue weighted by atomic mass is 10.1. The number of carbonyl (C=O) groups excluding carboxylic acids is 1. The first-order chi connectivity index (χ1) is 7.41. The summed E-state index contributed by atoms with van der Waals surface area (Å²) in [5.74, 6) is -0.847. The van der Waals surface area contributed by atoms with Crippen LogP contribution in [0.5, 0.6) is 11.5 Å². The zero-order valence-electron chi connectivity index (χ0n) is 9.55. The van der Waals surface area contributed by atoms with Gasteiger partial charge in [0.2, 0.25) is 0 Å². The van der Waals surface area contributed by atoms with E-state index in [1.165, 1.54) is 18.2 Å². The van der Waals surface area contributed by atoms with Gasteiger partial charge in [-0.1, -0.05) is 0 Å². The molecule has 4 nitrogen and oxygen atoms in total. The summed E-state index contributed by atoms with van der Waals surface area (Å²) in [5.41, 5.74) is 0.289. The molecule has 1 unspecified atom stereocenters. The van der Waals surface area contributed by atoms with E-state index >= 15 is 0 Å². The first-order valence-corrected chi connectivity index (χ1v) is 5.20. The highest BCUT2D eigenvalue weighted by Gasteiger charge is 2.19. The number of rotatable bonds is 4. The van der Waals surface area contributed by atoms with E-state index in [2.05, 4.69) is 0 Å². The summed E-state index contributed by atoms with van der Waals surface area (Å²) in [5, 5.41) is 17.7. The van der Waals surface area contributed by atoms with Gasteiger partial charge < -0.3 is 15.1 Å². The molecule has 1 atom stereocenters. The average molecular weight is 280 g/mol. The second kappa shape index (κ2) is 6.69. The number of phenols is 2. The fraction of sp³-hybridized carbons (Fsp3) is 0.364. The number of benzene rings is 1. The van der Waals surface area contributed by atoms with E-state index in [4.69, 9.17) is 16.7 Å². The van der Waals surface area contributed by atoms with Crippen LogP contribution < -0.4 is 0 Å². The van der Waals surface area contributed by atoms with Crippen LogP contribution in [-0.4, -0.2) is 46.9 Å². The molecule has 0 radical (unpaired) electrons. The van der Waals surface area contributed by atoms with Gasteiger partial charge in [0.15, 0.2) is 17.3 Å². The molecule has 0 aliphatic rings. The summed E-state index contributed by atoms with van der Waals surface area (Å²) in [7, 11) is 3.63. The number of hydrogen-bond donors (Lipinski definition) is 2. The number of hydrogen-bond acceptors (Lipinski definition) is 4. The monoisotopic (exact) mass is 279 g/mol. The maximum atomic E-state index is 11.8. The van der Waals surface area contributed by atoms with Crippen LogP contribution in [0.15, 0.2) is 18.2 Å². The summed E-state index contributed by atoms with van der Waals surface area (Å²) >= 11 is 5.92. The molecule has 2 N–H and O–H groups in total. The molecule has 0 bridgehead atoms. The number of ketones is 1. The Morgan fingerprint density at radius 2 is 1.94 bits per heavy atom. The Morgan fingerprint density at radius 1 is 1.35 bits per heavy atom.